The minimum Gasteiger partial charge on any atom is -0.337 e. The van der Waals surface area contributed by atoms with E-state index in [1.807, 2.05) is 40.6 Å². The van der Waals surface area contributed by atoms with E-state index in [4.69, 9.17) is 0 Å². The lowest BCUT2D eigenvalue weighted by molar-refractivity contribution is 0.0786. The molecule has 2 aromatic heterocycles. The lowest BCUT2D eigenvalue weighted by atomic mass is 10.1. The van der Waals surface area contributed by atoms with Crippen LogP contribution in [0.3, 0.4) is 0 Å². The van der Waals surface area contributed by atoms with Gasteiger partial charge in [0.15, 0.2) is 0 Å². The van der Waals surface area contributed by atoms with Gasteiger partial charge in [-0.2, -0.15) is 0 Å². The van der Waals surface area contributed by atoms with E-state index in [0.29, 0.717) is 11.6 Å². The van der Waals surface area contributed by atoms with Crippen molar-refractivity contribution in [2.45, 2.75) is 12.3 Å². The minimum absolute atomic E-state index is 0.0579. The third-order valence-corrected chi connectivity index (χ3v) is 6.09. The maximum Gasteiger partial charge on any atom is 0.273 e. The fourth-order valence-corrected chi connectivity index (χ4v) is 4.60. The monoisotopic (exact) mass is 340 g/mol. The summed E-state index contributed by atoms with van der Waals surface area (Å²) in [6.07, 6.45) is 1.04. The molecule has 0 bridgehead atoms. The highest BCUT2D eigenvalue weighted by Crippen LogP contribution is 2.31. The van der Waals surface area contributed by atoms with Crippen molar-refractivity contribution in [3.05, 3.63) is 63.8 Å². The SMILES string of the molecule is O=C(c1csc(-c2ccccc2)n1)N1CCC(c2cccs2)C1. The number of hydrogen-bond acceptors (Lipinski definition) is 4. The number of nitrogens with zero attached hydrogens (tertiary/aromatic N) is 2. The Morgan fingerprint density at radius 2 is 2.00 bits per heavy atom. The van der Waals surface area contributed by atoms with Crippen LogP contribution in [-0.4, -0.2) is 28.9 Å². The summed E-state index contributed by atoms with van der Waals surface area (Å²) in [6.45, 7) is 1.62. The van der Waals surface area contributed by atoms with Crippen LogP contribution >= 0.6 is 22.7 Å². The molecule has 1 aromatic carbocycles. The van der Waals surface area contributed by atoms with Gasteiger partial charge < -0.3 is 4.90 Å². The van der Waals surface area contributed by atoms with Crippen LogP contribution in [0.2, 0.25) is 0 Å². The average Bonchev–Trinajstić information content (AvgIpc) is 3.35. The molecule has 1 amide bonds. The second kappa shape index (κ2) is 6.26. The highest BCUT2D eigenvalue weighted by atomic mass is 32.1. The van der Waals surface area contributed by atoms with Gasteiger partial charge in [0.1, 0.15) is 10.7 Å². The van der Waals surface area contributed by atoms with Gasteiger partial charge in [0, 0.05) is 34.8 Å². The number of amides is 1. The summed E-state index contributed by atoms with van der Waals surface area (Å²) in [7, 11) is 0. The fourth-order valence-electron chi connectivity index (χ4n) is 2.95. The molecule has 116 valence electrons. The third kappa shape index (κ3) is 2.94. The van der Waals surface area contributed by atoms with Gasteiger partial charge in [-0.25, -0.2) is 4.98 Å². The zero-order valence-corrected chi connectivity index (χ0v) is 14.1. The molecule has 3 nitrogen and oxygen atoms in total. The van der Waals surface area contributed by atoms with E-state index in [1.54, 1.807) is 11.3 Å². The Morgan fingerprint density at radius 1 is 1.13 bits per heavy atom. The van der Waals surface area contributed by atoms with Crippen LogP contribution in [0.1, 0.15) is 27.7 Å². The number of aromatic nitrogens is 1. The maximum absolute atomic E-state index is 12.7. The van der Waals surface area contributed by atoms with E-state index < -0.39 is 0 Å². The Balaban J connectivity index is 1.49. The van der Waals surface area contributed by atoms with Crippen molar-refractivity contribution in [1.29, 1.82) is 0 Å². The molecular weight excluding hydrogens is 324 g/mol. The summed E-state index contributed by atoms with van der Waals surface area (Å²) < 4.78 is 0. The second-order valence-corrected chi connectivity index (χ2v) is 7.49. The van der Waals surface area contributed by atoms with Gasteiger partial charge in [-0.15, -0.1) is 22.7 Å². The lowest BCUT2D eigenvalue weighted by Gasteiger charge is -2.14. The molecule has 1 atom stereocenters. The maximum atomic E-state index is 12.7. The Hall–Kier alpha value is -1.98. The van der Waals surface area contributed by atoms with Crippen molar-refractivity contribution in [3.8, 4) is 10.6 Å². The number of benzene rings is 1. The standard InChI is InChI=1S/C18H16N2OS2/c21-18(20-9-8-14(11-20)16-7-4-10-22-16)15-12-23-17(19-15)13-5-2-1-3-6-13/h1-7,10,12,14H,8-9,11H2. The highest BCUT2D eigenvalue weighted by molar-refractivity contribution is 7.13. The van der Waals surface area contributed by atoms with Crippen molar-refractivity contribution in [2.75, 3.05) is 13.1 Å². The molecule has 0 spiro atoms. The number of rotatable bonds is 3. The number of thiophene rings is 1. The molecule has 0 aliphatic carbocycles. The van der Waals surface area contributed by atoms with Crippen LogP contribution in [0.25, 0.3) is 10.6 Å². The van der Waals surface area contributed by atoms with E-state index in [-0.39, 0.29) is 5.91 Å². The van der Waals surface area contributed by atoms with Gasteiger partial charge in [-0.3, -0.25) is 4.79 Å². The molecule has 1 saturated heterocycles. The number of carbonyl (C=O) groups excluding carboxylic acids is 1. The molecule has 3 heterocycles. The smallest absolute Gasteiger partial charge is 0.273 e. The molecular formula is C18H16N2OS2. The second-order valence-electron chi connectivity index (χ2n) is 5.66. The van der Waals surface area contributed by atoms with Crippen molar-refractivity contribution in [2.24, 2.45) is 0 Å². The number of thiazole rings is 1. The Bertz CT molecular complexity index is 796. The van der Waals surface area contributed by atoms with Crippen molar-refractivity contribution in [1.82, 2.24) is 9.88 Å². The van der Waals surface area contributed by atoms with Crippen molar-refractivity contribution < 1.29 is 4.79 Å². The van der Waals surface area contributed by atoms with Gasteiger partial charge in [0.2, 0.25) is 0 Å². The quantitative estimate of drug-likeness (QED) is 0.703. The van der Waals surface area contributed by atoms with Gasteiger partial charge >= 0.3 is 0 Å². The zero-order valence-electron chi connectivity index (χ0n) is 12.5. The first-order valence-corrected chi connectivity index (χ1v) is 9.41. The normalized spacial score (nSPS) is 17.6. The van der Waals surface area contributed by atoms with E-state index in [2.05, 4.69) is 22.5 Å². The van der Waals surface area contributed by atoms with Crippen molar-refractivity contribution in [3.63, 3.8) is 0 Å². The molecule has 3 aromatic rings. The first-order valence-electron chi connectivity index (χ1n) is 7.65. The van der Waals surface area contributed by atoms with Crippen LogP contribution in [0.5, 0.6) is 0 Å². The lowest BCUT2D eigenvalue weighted by Crippen LogP contribution is -2.28. The van der Waals surface area contributed by atoms with Gasteiger partial charge in [0.25, 0.3) is 5.91 Å². The Kier molecular flexibility index (Phi) is 3.97. The summed E-state index contributed by atoms with van der Waals surface area (Å²) in [5.41, 5.74) is 1.63. The summed E-state index contributed by atoms with van der Waals surface area (Å²) in [4.78, 5) is 20.5. The van der Waals surface area contributed by atoms with E-state index in [9.17, 15) is 4.79 Å². The highest BCUT2D eigenvalue weighted by Gasteiger charge is 2.29. The largest absolute Gasteiger partial charge is 0.337 e. The molecule has 0 N–H and O–H groups in total. The number of likely N-dealkylation sites (tertiary alicyclic amines) is 1. The third-order valence-electron chi connectivity index (χ3n) is 4.17. The van der Waals surface area contributed by atoms with E-state index in [0.717, 1.165) is 30.1 Å². The summed E-state index contributed by atoms with van der Waals surface area (Å²) >= 11 is 3.31. The fraction of sp³-hybridized carbons (Fsp3) is 0.222. The molecule has 0 saturated carbocycles. The zero-order chi connectivity index (χ0) is 15.6. The predicted octanol–water partition coefficient (Wildman–Crippen LogP) is 4.50. The number of carbonyl (C=O) groups is 1. The van der Waals surface area contributed by atoms with Gasteiger partial charge in [0.05, 0.1) is 0 Å². The molecule has 0 radical (unpaired) electrons. The van der Waals surface area contributed by atoms with Crippen LogP contribution in [0, 0.1) is 0 Å². The van der Waals surface area contributed by atoms with Gasteiger partial charge in [-0.05, 0) is 17.9 Å². The molecule has 4 rings (SSSR count). The van der Waals surface area contributed by atoms with Crippen LogP contribution in [0.4, 0.5) is 0 Å². The summed E-state index contributed by atoms with van der Waals surface area (Å²) in [5, 5.41) is 4.89. The Labute approximate surface area is 143 Å². The van der Waals surface area contributed by atoms with Crippen molar-refractivity contribution >= 4 is 28.6 Å². The van der Waals surface area contributed by atoms with Crippen LogP contribution in [-0.2, 0) is 0 Å². The molecule has 1 fully saturated rings. The van der Waals surface area contributed by atoms with Crippen LogP contribution < -0.4 is 0 Å². The molecule has 1 aliphatic rings. The Morgan fingerprint density at radius 3 is 2.78 bits per heavy atom. The predicted molar refractivity (Wildman–Crippen MR) is 95.1 cm³/mol. The molecule has 5 heteroatoms. The van der Waals surface area contributed by atoms with E-state index >= 15 is 0 Å². The summed E-state index contributed by atoms with van der Waals surface area (Å²) in [6, 6.07) is 14.3. The van der Waals surface area contributed by atoms with Crippen LogP contribution in [0.15, 0.2) is 53.2 Å². The summed E-state index contributed by atoms with van der Waals surface area (Å²) in [5.74, 6) is 0.536. The minimum atomic E-state index is 0.0579. The molecule has 1 unspecified atom stereocenters. The van der Waals surface area contributed by atoms with Gasteiger partial charge in [-0.1, -0.05) is 36.4 Å². The molecule has 1 aliphatic heterocycles. The van der Waals surface area contributed by atoms with E-state index in [1.165, 1.54) is 16.2 Å². The first-order chi connectivity index (χ1) is 11.3. The topological polar surface area (TPSA) is 33.2 Å². The molecule has 23 heavy (non-hydrogen) atoms. The first kappa shape index (κ1) is 14.6. The number of hydrogen-bond donors (Lipinski definition) is 0. The average molecular weight is 340 g/mol.